The van der Waals surface area contributed by atoms with Gasteiger partial charge in [0.05, 0.1) is 50.3 Å². The Bertz CT molecular complexity index is 2540. The van der Waals surface area contributed by atoms with Gasteiger partial charge in [-0.3, -0.25) is 4.79 Å². The first-order chi connectivity index (χ1) is 41.7. The molecule has 0 radical (unpaired) electrons. The zero-order valence-electron chi connectivity index (χ0n) is 51.7. The summed E-state index contributed by atoms with van der Waals surface area (Å²) < 4.78 is 78.7. The molecule has 7 saturated heterocycles. The highest BCUT2D eigenvalue weighted by molar-refractivity contribution is 5.86. The first-order valence-corrected chi connectivity index (χ1v) is 31.5. The van der Waals surface area contributed by atoms with Gasteiger partial charge in [-0.25, -0.2) is 0 Å². The summed E-state index contributed by atoms with van der Waals surface area (Å²) in [4.78, 5) is 14.8. The normalized spacial score (nSPS) is 55.4. The Hall–Kier alpha value is -1.87. The zero-order valence-corrected chi connectivity index (χ0v) is 51.7. The third kappa shape index (κ3) is 10.6. The van der Waals surface area contributed by atoms with Crippen LogP contribution in [0.5, 0.6) is 0 Å². The van der Waals surface area contributed by atoms with Gasteiger partial charge in [0, 0.05) is 7.11 Å². The summed E-state index contributed by atoms with van der Waals surface area (Å²) in [6.07, 6.45) is -37.0. The molecule has 3 saturated carbocycles. The van der Waals surface area contributed by atoms with E-state index in [1.54, 1.807) is 6.92 Å². The van der Waals surface area contributed by atoms with Crippen molar-refractivity contribution in [1.29, 1.82) is 0 Å². The molecule has 0 aromatic heterocycles. The fourth-order valence-electron chi connectivity index (χ4n) is 18.2. The molecule has 89 heavy (non-hydrogen) atoms. The number of methoxy groups -OCH3 is 1. The fraction of sp³-hybridized carbons (Fsp3) is 0.950. The fourth-order valence-corrected chi connectivity index (χ4v) is 18.2. The lowest BCUT2D eigenvalue weighted by Crippen LogP contribution is -2.69. The van der Waals surface area contributed by atoms with Crippen LogP contribution in [-0.2, 0) is 66.4 Å². The summed E-state index contributed by atoms with van der Waals surface area (Å²) >= 11 is 0. The molecular weight excluding hydrogens is 1180 g/mol. The van der Waals surface area contributed by atoms with Crippen molar-refractivity contribution in [1.82, 2.24) is 0 Å². The largest absolute Gasteiger partial charge is 0.453 e. The van der Waals surface area contributed by atoms with E-state index >= 15 is 0 Å². The first-order valence-electron chi connectivity index (χ1n) is 31.5. The number of hydrogen-bond donors (Lipinski definition) is 15. The minimum Gasteiger partial charge on any atom is -0.453 e. The molecule has 4 unspecified atom stereocenters. The Kier molecular flexibility index (Phi) is 19.0. The van der Waals surface area contributed by atoms with E-state index in [1.165, 1.54) is 14.0 Å². The highest BCUT2D eigenvalue weighted by Gasteiger charge is 2.87. The number of allylic oxidation sites excluding steroid dienone is 1. The molecule has 34 atom stereocenters. The van der Waals surface area contributed by atoms with Crippen molar-refractivity contribution in [3.63, 3.8) is 0 Å². The lowest BCUT2D eigenvalue weighted by Gasteiger charge is -2.64. The van der Waals surface area contributed by atoms with E-state index in [0.717, 1.165) is 5.57 Å². The molecule has 10 fully saturated rings. The number of carbonyl (C=O) groups is 1. The van der Waals surface area contributed by atoms with Gasteiger partial charge >= 0.3 is 5.97 Å². The van der Waals surface area contributed by atoms with Gasteiger partial charge in [-0.15, -0.1) is 0 Å². The molecular formula is C60H96O29. The summed E-state index contributed by atoms with van der Waals surface area (Å²) in [5.41, 5.74) is -6.52. The van der Waals surface area contributed by atoms with Crippen molar-refractivity contribution in [2.75, 3.05) is 33.5 Å². The van der Waals surface area contributed by atoms with Crippen LogP contribution >= 0.6 is 0 Å². The van der Waals surface area contributed by atoms with E-state index in [0.29, 0.717) is 44.9 Å². The van der Waals surface area contributed by atoms with Crippen molar-refractivity contribution in [2.24, 2.45) is 33.5 Å². The van der Waals surface area contributed by atoms with Crippen LogP contribution in [0.3, 0.4) is 0 Å². The van der Waals surface area contributed by atoms with Crippen LogP contribution in [0.1, 0.15) is 107 Å². The molecule has 1 spiro atoms. The van der Waals surface area contributed by atoms with Crippen molar-refractivity contribution in [3.8, 4) is 0 Å². The average Bonchev–Trinajstić information content (AvgIpc) is 1.50. The second kappa shape index (κ2) is 24.6. The molecule has 0 bridgehead atoms. The number of esters is 1. The summed E-state index contributed by atoms with van der Waals surface area (Å²) in [6.45, 7) is 12.6. The standard InChI is InChI=1S/C60H96O29/c1-23-44(85-51-43(74)46(36(67)28(21-63)82-51)86-50-42(73)45(77-9)35(66)27(20-62)81-50)39(70)41(72)48(79-23)87-47-37(68)29(83-49-40(71)38(69)34(65)26(19-61)80-49)22-78-52(47)84-32-13-15-56(6)25-18-31(64)60-53(75)89-58(8,33-12-14-54(2,3)88-33)59(60,76)17-16-57(60,7)24(25)10-11-30(56)55(32,4)5/h18,23-24,26-52,61-74,76H,10-17,19-22H2,1-9H3/t23-,24?,26-,27-,28-,29-,30?,31+,32+,33?,34-,35-,36-,37+,38+,39-,40-,41-,42-,43-,44-,45+,46+,47-,48+,49+,50+,51+,52+,56-,57+,58+,59+,60?/m1/s1. The van der Waals surface area contributed by atoms with E-state index in [-0.39, 0.29) is 18.3 Å². The van der Waals surface area contributed by atoms with Gasteiger partial charge in [0.1, 0.15) is 127 Å². The lowest BCUT2D eigenvalue weighted by atomic mass is 9.40. The Labute approximate surface area is 515 Å². The van der Waals surface area contributed by atoms with Crippen LogP contribution in [0.15, 0.2) is 11.6 Å². The van der Waals surface area contributed by atoms with E-state index in [1.807, 2.05) is 26.8 Å². The minimum atomic E-state index is -2.04. The van der Waals surface area contributed by atoms with Crippen LogP contribution in [0.25, 0.3) is 0 Å². The molecule has 7 aliphatic heterocycles. The lowest BCUT2D eigenvalue weighted by molar-refractivity contribution is -0.394. The van der Waals surface area contributed by atoms with Crippen LogP contribution in [-0.4, -0.2) is 299 Å². The second-order valence-electron chi connectivity index (χ2n) is 28.8. The number of fused-ring (bicyclic) bond motifs is 4. The Morgan fingerprint density at radius 2 is 1.11 bits per heavy atom. The van der Waals surface area contributed by atoms with Crippen molar-refractivity contribution in [2.45, 2.75) is 289 Å². The molecule has 11 aliphatic rings. The number of carbonyl (C=O) groups excluding carboxylic acids is 1. The quantitative estimate of drug-likeness (QED) is 0.0419. The maximum absolute atomic E-state index is 14.8. The minimum absolute atomic E-state index is 0.129. The number of rotatable bonds is 15. The van der Waals surface area contributed by atoms with Crippen LogP contribution in [0.2, 0.25) is 0 Å². The topological polar surface area (TPSA) is 441 Å². The number of aliphatic hydroxyl groups excluding tert-OH is 14. The summed E-state index contributed by atoms with van der Waals surface area (Å²) in [5, 5.41) is 169. The van der Waals surface area contributed by atoms with E-state index in [4.69, 9.17) is 61.6 Å². The molecule has 0 aromatic rings. The van der Waals surface area contributed by atoms with Crippen LogP contribution in [0.4, 0.5) is 0 Å². The molecule has 15 N–H and O–H groups in total. The van der Waals surface area contributed by atoms with Gasteiger partial charge in [-0.05, 0) is 107 Å². The Morgan fingerprint density at radius 3 is 1.72 bits per heavy atom. The first kappa shape index (κ1) is 68.5. The molecule has 510 valence electrons. The number of cyclic esters (lactones) is 1. The number of ether oxygens (including phenoxy) is 13. The monoisotopic (exact) mass is 1280 g/mol. The van der Waals surface area contributed by atoms with Crippen molar-refractivity contribution in [3.05, 3.63) is 11.6 Å². The highest BCUT2D eigenvalue weighted by atomic mass is 16.8. The molecule has 29 nitrogen and oxygen atoms in total. The maximum Gasteiger partial charge on any atom is 0.319 e. The third-order valence-electron chi connectivity index (χ3n) is 23.3. The number of hydrogen-bond acceptors (Lipinski definition) is 29. The van der Waals surface area contributed by atoms with Gasteiger partial charge in [-0.1, -0.05) is 39.3 Å². The van der Waals surface area contributed by atoms with Crippen LogP contribution < -0.4 is 0 Å². The number of aliphatic hydroxyl groups is 15. The maximum atomic E-state index is 14.8. The second-order valence-corrected chi connectivity index (χ2v) is 28.8. The summed E-state index contributed by atoms with van der Waals surface area (Å²) in [6, 6.07) is 0. The molecule has 7 heterocycles. The average molecular weight is 1280 g/mol. The zero-order chi connectivity index (χ0) is 64.8. The Morgan fingerprint density at radius 1 is 0.551 bits per heavy atom. The molecule has 29 heteroatoms. The van der Waals surface area contributed by atoms with E-state index in [2.05, 4.69) is 20.8 Å². The Balaban J connectivity index is 0.823. The predicted molar refractivity (Wildman–Crippen MR) is 295 cm³/mol. The smallest absolute Gasteiger partial charge is 0.319 e. The molecule has 0 aromatic carbocycles. The molecule has 4 aliphatic carbocycles. The van der Waals surface area contributed by atoms with Gasteiger partial charge in [0.15, 0.2) is 37.1 Å². The van der Waals surface area contributed by atoms with Gasteiger partial charge < -0.3 is 138 Å². The van der Waals surface area contributed by atoms with Gasteiger partial charge in [-0.2, -0.15) is 0 Å². The van der Waals surface area contributed by atoms with Gasteiger partial charge in [0.25, 0.3) is 0 Å². The summed E-state index contributed by atoms with van der Waals surface area (Å²) in [7, 11) is 1.18. The van der Waals surface area contributed by atoms with E-state index < -0.39 is 237 Å². The predicted octanol–water partition coefficient (Wildman–Crippen LogP) is -4.27. The summed E-state index contributed by atoms with van der Waals surface area (Å²) in [5.74, 6) is -0.973. The van der Waals surface area contributed by atoms with E-state index in [9.17, 15) is 81.4 Å². The van der Waals surface area contributed by atoms with Gasteiger partial charge in [0.2, 0.25) is 0 Å². The molecule has 11 rings (SSSR count). The van der Waals surface area contributed by atoms with Crippen molar-refractivity contribution < 1.29 is 143 Å². The molecule has 0 amide bonds. The van der Waals surface area contributed by atoms with Crippen molar-refractivity contribution >= 4 is 5.97 Å². The third-order valence-corrected chi connectivity index (χ3v) is 23.3. The highest BCUT2D eigenvalue weighted by Crippen LogP contribution is 2.77. The SMILES string of the molecule is CO[C@@H]1[C@@H](O)[C@H](O[C@@H]2[C@@H](O)[C@H](O[C@H]3[C@H](O)[C@@H](O)[C@H](O[C@H]4[C@H](O[C@H]5CC[C@]6(C)C7=C[C@H](O)C89C(=O)O[C@@](C)(C%10CCC(C)(C)O%10)[C@@]8(O)CC[C@@]9(C)C7CCC6C5(C)C)OC[C@@H](O[C@@H]5O[C@H](CO)[C@@H](O)[C@H](O)[C@H]5O)[C@@H]4O)O[C@@H]3C)O[C@H](CO)[C@H]2O)O[C@H](CO)[C@H]1O. The van der Waals surface area contributed by atoms with Crippen LogP contribution in [0, 0.1) is 33.5 Å².